The van der Waals surface area contributed by atoms with Gasteiger partial charge < -0.3 is 5.11 Å². The minimum atomic E-state index is -0.818. The molecule has 0 fully saturated rings. The molecule has 1 aromatic heterocycles. The Hall–Kier alpha value is -1.34. The molecule has 74 valence electrons. The van der Waals surface area contributed by atoms with Crippen LogP contribution in [0.2, 0.25) is 0 Å². The van der Waals surface area contributed by atoms with Crippen LogP contribution in [0.4, 0.5) is 0 Å². The van der Waals surface area contributed by atoms with Crippen LogP contribution in [0.1, 0.15) is 30.0 Å². The van der Waals surface area contributed by atoms with Crippen LogP contribution >= 0.6 is 11.3 Å². The van der Waals surface area contributed by atoms with Crippen LogP contribution < -0.4 is 0 Å². The molecule has 0 amide bonds. The van der Waals surface area contributed by atoms with Crippen LogP contribution in [-0.2, 0) is 10.2 Å². The molecule has 1 heterocycles. The first-order valence-corrected chi connectivity index (χ1v) is 4.99. The quantitative estimate of drug-likeness (QED) is 0.831. The van der Waals surface area contributed by atoms with Crippen molar-refractivity contribution >= 4 is 17.3 Å². The number of nitrogens with zero attached hydrogens (tertiary/aromatic N) is 1. The van der Waals surface area contributed by atoms with Crippen molar-refractivity contribution in [1.29, 1.82) is 5.26 Å². The predicted molar refractivity (Wildman–Crippen MR) is 54.3 cm³/mol. The first kappa shape index (κ1) is 10.7. The van der Waals surface area contributed by atoms with Crippen molar-refractivity contribution in [3.05, 3.63) is 21.9 Å². The Morgan fingerprint density at radius 3 is 2.71 bits per heavy atom. The zero-order valence-corrected chi connectivity index (χ0v) is 8.89. The number of aliphatic carboxylic acids is 1. The fourth-order valence-corrected chi connectivity index (χ4v) is 2.13. The lowest BCUT2D eigenvalue weighted by Crippen LogP contribution is -2.20. The van der Waals surface area contributed by atoms with E-state index in [1.807, 2.05) is 26.0 Å². The van der Waals surface area contributed by atoms with Crippen molar-refractivity contribution < 1.29 is 9.90 Å². The van der Waals surface area contributed by atoms with Gasteiger partial charge in [0.2, 0.25) is 0 Å². The van der Waals surface area contributed by atoms with E-state index in [4.69, 9.17) is 10.4 Å². The van der Waals surface area contributed by atoms with Crippen LogP contribution in [0.3, 0.4) is 0 Å². The average Bonchev–Trinajstić information content (AvgIpc) is 2.49. The van der Waals surface area contributed by atoms with Gasteiger partial charge in [-0.05, 0) is 12.1 Å². The molecular formula is C10H11NO2S. The van der Waals surface area contributed by atoms with Crippen LogP contribution in [0.5, 0.6) is 0 Å². The first-order valence-electron chi connectivity index (χ1n) is 4.18. The largest absolute Gasteiger partial charge is 0.481 e. The minimum Gasteiger partial charge on any atom is -0.481 e. The lowest BCUT2D eigenvalue weighted by Gasteiger charge is -2.20. The fourth-order valence-electron chi connectivity index (χ4n) is 1.23. The van der Waals surface area contributed by atoms with E-state index >= 15 is 0 Å². The summed E-state index contributed by atoms with van der Waals surface area (Å²) in [6.45, 7) is 3.74. The molecule has 0 aliphatic carbocycles. The second-order valence-electron chi connectivity index (χ2n) is 3.73. The summed E-state index contributed by atoms with van der Waals surface area (Å²) in [5, 5.41) is 17.4. The van der Waals surface area contributed by atoms with Gasteiger partial charge in [-0.1, -0.05) is 13.8 Å². The second kappa shape index (κ2) is 3.81. The average molecular weight is 209 g/mol. The third-order valence-electron chi connectivity index (χ3n) is 1.98. The topological polar surface area (TPSA) is 61.1 Å². The van der Waals surface area contributed by atoms with E-state index in [0.29, 0.717) is 4.88 Å². The molecule has 0 saturated heterocycles. The molecule has 4 heteroatoms. The van der Waals surface area contributed by atoms with E-state index in [2.05, 4.69) is 0 Å². The highest BCUT2D eigenvalue weighted by atomic mass is 32.1. The van der Waals surface area contributed by atoms with Gasteiger partial charge in [0.15, 0.2) is 0 Å². The Morgan fingerprint density at radius 1 is 1.64 bits per heavy atom. The highest BCUT2D eigenvalue weighted by Gasteiger charge is 2.25. The third-order valence-corrected chi connectivity index (χ3v) is 3.33. The lowest BCUT2D eigenvalue weighted by atomic mass is 9.88. The normalized spacial score (nSPS) is 10.9. The van der Waals surface area contributed by atoms with Gasteiger partial charge in [0.1, 0.15) is 10.9 Å². The Labute approximate surface area is 86.6 Å². The number of hydrogen-bond acceptors (Lipinski definition) is 3. The number of nitriles is 1. The van der Waals surface area contributed by atoms with Gasteiger partial charge in [0, 0.05) is 10.3 Å². The number of hydrogen-bond donors (Lipinski definition) is 1. The summed E-state index contributed by atoms with van der Waals surface area (Å²) < 4.78 is 0. The van der Waals surface area contributed by atoms with Gasteiger partial charge in [0.05, 0.1) is 6.42 Å². The highest BCUT2D eigenvalue weighted by Crippen LogP contribution is 2.32. The van der Waals surface area contributed by atoms with Gasteiger partial charge in [0.25, 0.3) is 0 Å². The maximum Gasteiger partial charge on any atom is 0.304 e. The lowest BCUT2D eigenvalue weighted by molar-refractivity contribution is -0.138. The summed E-state index contributed by atoms with van der Waals surface area (Å²) in [6.07, 6.45) is 0.0817. The minimum absolute atomic E-state index is 0.0817. The summed E-state index contributed by atoms with van der Waals surface area (Å²) in [5.74, 6) is -0.818. The van der Waals surface area contributed by atoms with Crippen LogP contribution in [0, 0.1) is 11.3 Å². The van der Waals surface area contributed by atoms with Crippen LogP contribution in [-0.4, -0.2) is 11.1 Å². The van der Waals surface area contributed by atoms with Gasteiger partial charge in [-0.25, -0.2) is 0 Å². The number of carboxylic acids is 1. The van der Waals surface area contributed by atoms with Crippen LogP contribution in [0.15, 0.2) is 12.1 Å². The monoisotopic (exact) mass is 209 g/mol. The van der Waals surface area contributed by atoms with Crippen molar-refractivity contribution in [3.63, 3.8) is 0 Å². The standard InChI is InChI=1S/C10H11NO2S/c1-10(2,5-9(12)13)8-4-3-7(6-11)14-8/h3-4H,5H2,1-2H3,(H,12,13). The zero-order valence-electron chi connectivity index (χ0n) is 8.07. The van der Waals surface area contributed by atoms with Crippen molar-refractivity contribution in [2.24, 2.45) is 0 Å². The number of carboxylic acid groups (broad SMARTS) is 1. The Morgan fingerprint density at radius 2 is 2.29 bits per heavy atom. The summed E-state index contributed by atoms with van der Waals surface area (Å²) in [5.41, 5.74) is -0.397. The molecule has 0 unspecified atom stereocenters. The molecule has 0 saturated carbocycles. The molecule has 1 aromatic rings. The van der Waals surface area contributed by atoms with Crippen molar-refractivity contribution in [1.82, 2.24) is 0 Å². The maximum absolute atomic E-state index is 10.6. The smallest absolute Gasteiger partial charge is 0.304 e. The van der Waals surface area contributed by atoms with Gasteiger partial charge in [-0.15, -0.1) is 11.3 Å². The molecule has 0 aromatic carbocycles. The molecule has 1 rings (SSSR count). The SMILES string of the molecule is CC(C)(CC(=O)O)c1ccc(C#N)s1. The molecule has 1 N–H and O–H groups in total. The predicted octanol–water partition coefficient (Wildman–Crippen LogP) is 2.37. The zero-order chi connectivity index (χ0) is 10.8. The number of rotatable bonds is 3. The Balaban J connectivity index is 2.92. The molecule has 14 heavy (non-hydrogen) atoms. The van der Waals surface area contributed by atoms with Gasteiger partial charge >= 0.3 is 5.97 Å². The first-order chi connectivity index (χ1) is 6.45. The summed E-state index contributed by atoms with van der Waals surface area (Å²) in [6, 6.07) is 5.60. The number of carbonyl (C=O) groups is 1. The van der Waals surface area contributed by atoms with E-state index in [1.165, 1.54) is 11.3 Å². The van der Waals surface area contributed by atoms with Gasteiger partial charge in [-0.2, -0.15) is 5.26 Å². The highest BCUT2D eigenvalue weighted by molar-refractivity contribution is 7.12. The van der Waals surface area contributed by atoms with Gasteiger partial charge in [-0.3, -0.25) is 4.79 Å². The molecular weight excluding hydrogens is 198 g/mol. The van der Waals surface area contributed by atoms with E-state index in [0.717, 1.165) is 4.88 Å². The maximum atomic E-state index is 10.6. The van der Waals surface area contributed by atoms with E-state index in [9.17, 15) is 4.79 Å². The Kier molecular flexibility index (Phi) is 2.92. The second-order valence-corrected chi connectivity index (χ2v) is 4.81. The molecule has 0 aliphatic rings. The fraction of sp³-hybridized carbons (Fsp3) is 0.400. The number of thiophene rings is 1. The summed E-state index contributed by atoms with van der Waals surface area (Å²) in [4.78, 5) is 12.2. The van der Waals surface area contributed by atoms with Crippen molar-refractivity contribution in [2.75, 3.05) is 0 Å². The van der Waals surface area contributed by atoms with Crippen molar-refractivity contribution in [2.45, 2.75) is 25.7 Å². The third kappa shape index (κ3) is 2.33. The molecule has 0 spiro atoms. The summed E-state index contributed by atoms with van der Waals surface area (Å²) >= 11 is 1.36. The molecule has 3 nitrogen and oxygen atoms in total. The van der Waals surface area contributed by atoms with E-state index < -0.39 is 11.4 Å². The van der Waals surface area contributed by atoms with Crippen LogP contribution in [0.25, 0.3) is 0 Å². The summed E-state index contributed by atoms with van der Waals surface area (Å²) in [7, 11) is 0. The molecule has 0 bridgehead atoms. The van der Waals surface area contributed by atoms with E-state index in [1.54, 1.807) is 6.07 Å². The molecule has 0 aliphatic heterocycles. The van der Waals surface area contributed by atoms with E-state index in [-0.39, 0.29) is 6.42 Å². The molecule has 0 radical (unpaired) electrons. The van der Waals surface area contributed by atoms with Crippen molar-refractivity contribution in [3.8, 4) is 6.07 Å². The molecule has 0 atom stereocenters. The Bertz CT molecular complexity index is 387.